The lowest BCUT2D eigenvalue weighted by Gasteiger charge is -2.41. The van der Waals surface area contributed by atoms with Crippen LogP contribution in [0.2, 0.25) is 0 Å². The second-order valence-electron chi connectivity index (χ2n) is 7.36. The van der Waals surface area contributed by atoms with Gasteiger partial charge in [-0.3, -0.25) is 19.5 Å². The van der Waals surface area contributed by atoms with E-state index in [2.05, 4.69) is 10.2 Å². The first-order valence-corrected chi connectivity index (χ1v) is 9.62. The van der Waals surface area contributed by atoms with Crippen molar-refractivity contribution in [2.45, 2.75) is 33.1 Å². The number of ether oxygens (including phenoxy) is 1. The normalized spacial score (nSPS) is 19.1. The molecule has 3 rings (SSSR count). The molecule has 7 nitrogen and oxygen atoms in total. The number of Topliss-reactive ketones (excluding diaryl/α,β-unsaturated/α-hetero) is 1. The minimum Gasteiger partial charge on any atom is -0.466 e. The highest BCUT2D eigenvalue weighted by atomic mass is 19.1. The number of nitrogens with one attached hydrogen (secondary N) is 1. The number of aromatic nitrogens is 2. The number of amides is 1. The Hall–Kier alpha value is -3.03. The highest BCUT2D eigenvalue weighted by Gasteiger charge is 2.45. The molecule has 0 unspecified atom stereocenters. The van der Waals surface area contributed by atoms with E-state index in [-0.39, 0.29) is 48.0 Å². The number of esters is 1. The molecule has 0 saturated carbocycles. The van der Waals surface area contributed by atoms with Gasteiger partial charge in [0.25, 0.3) is 5.91 Å². The third-order valence-corrected chi connectivity index (χ3v) is 5.20. The number of rotatable bonds is 6. The SMILES string of the molecule is CCOC(=O)[C@]1(Cc2ccc(F)cc2)CCCN(C(=O)c2cc(C(C)=O)n[nH]2)C1. The van der Waals surface area contributed by atoms with E-state index in [1.54, 1.807) is 24.0 Å². The maximum atomic E-state index is 13.3. The third kappa shape index (κ3) is 4.52. The van der Waals surface area contributed by atoms with Crippen molar-refractivity contribution in [1.82, 2.24) is 15.1 Å². The molecule has 1 N–H and O–H groups in total. The van der Waals surface area contributed by atoms with Crippen molar-refractivity contribution in [3.8, 4) is 0 Å². The lowest BCUT2D eigenvalue weighted by molar-refractivity contribution is -0.158. The number of carbonyl (C=O) groups excluding carboxylic acids is 3. The van der Waals surface area contributed by atoms with Crippen molar-refractivity contribution in [3.05, 3.63) is 53.1 Å². The summed E-state index contributed by atoms with van der Waals surface area (Å²) in [5.41, 5.74) is 0.282. The van der Waals surface area contributed by atoms with Crippen molar-refractivity contribution in [2.75, 3.05) is 19.7 Å². The van der Waals surface area contributed by atoms with E-state index in [0.29, 0.717) is 25.8 Å². The Morgan fingerprint density at radius 3 is 2.62 bits per heavy atom. The molecule has 1 aromatic heterocycles. The first kappa shape index (κ1) is 20.7. The van der Waals surface area contributed by atoms with Gasteiger partial charge in [0.15, 0.2) is 5.78 Å². The molecule has 0 radical (unpaired) electrons. The second kappa shape index (κ2) is 8.55. The van der Waals surface area contributed by atoms with Gasteiger partial charge in [-0.25, -0.2) is 4.39 Å². The molecule has 1 aliphatic rings. The smallest absolute Gasteiger partial charge is 0.314 e. The quantitative estimate of drug-likeness (QED) is 0.594. The predicted octanol–water partition coefficient (Wildman–Crippen LogP) is 2.78. The van der Waals surface area contributed by atoms with Gasteiger partial charge in [-0.15, -0.1) is 0 Å². The molecular weight excluding hydrogens is 377 g/mol. The molecule has 0 aliphatic carbocycles. The van der Waals surface area contributed by atoms with E-state index in [1.807, 2.05) is 0 Å². The first-order chi connectivity index (χ1) is 13.8. The van der Waals surface area contributed by atoms with Gasteiger partial charge in [0, 0.05) is 20.0 Å². The standard InChI is InChI=1S/C21H24FN3O4/c1-3-29-20(28)21(12-15-5-7-16(22)8-6-15)9-4-10-25(13-21)19(27)18-11-17(14(2)26)23-24-18/h5-8,11H,3-4,9-10,12-13H2,1-2H3,(H,23,24)/t21-/m0/s1. The monoisotopic (exact) mass is 401 g/mol. The molecule has 0 spiro atoms. The Bertz CT molecular complexity index is 909. The molecule has 29 heavy (non-hydrogen) atoms. The van der Waals surface area contributed by atoms with Crippen LogP contribution in [0.3, 0.4) is 0 Å². The summed E-state index contributed by atoms with van der Waals surface area (Å²) in [7, 11) is 0. The molecular formula is C21H24FN3O4. The molecule has 154 valence electrons. The molecule has 1 aliphatic heterocycles. The number of likely N-dealkylation sites (tertiary alicyclic amines) is 1. The van der Waals surface area contributed by atoms with Crippen LogP contribution >= 0.6 is 0 Å². The van der Waals surface area contributed by atoms with E-state index in [4.69, 9.17) is 4.74 Å². The Morgan fingerprint density at radius 2 is 2.00 bits per heavy atom. The highest BCUT2D eigenvalue weighted by Crippen LogP contribution is 2.36. The van der Waals surface area contributed by atoms with Crippen LogP contribution in [-0.4, -0.2) is 52.5 Å². The van der Waals surface area contributed by atoms with Gasteiger partial charge in [-0.1, -0.05) is 12.1 Å². The molecule has 2 aromatic rings. The molecule has 8 heteroatoms. The fourth-order valence-corrected chi connectivity index (χ4v) is 3.75. The van der Waals surface area contributed by atoms with Crippen LogP contribution in [0.25, 0.3) is 0 Å². The summed E-state index contributed by atoms with van der Waals surface area (Å²) in [6.07, 6.45) is 1.53. The first-order valence-electron chi connectivity index (χ1n) is 9.62. The topological polar surface area (TPSA) is 92.4 Å². The van der Waals surface area contributed by atoms with E-state index >= 15 is 0 Å². The number of aromatic amines is 1. The maximum absolute atomic E-state index is 13.3. The van der Waals surface area contributed by atoms with Crippen LogP contribution in [0.15, 0.2) is 30.3 Å². The average Bonchev–Trinajstić information content (AvgIpc) is 3.20. The van der Waals surface area contributed by atoms with Crippen LogP contribution in [0.5, 0.6) is 0 Å². The summed E-state index contributed by atoms with van der Waals surface area (Å²) in [4.78, 5) is 38.9. The number of benzene rings is 1. The summed E-state index contributed by atoms with van der Waals surface area (Å²) < 4.78 is 18.6. The van der Waals surface area contributed by atoms with Crippen molar-refractivity contribution in [2.24, 2.45) is 5.41 Å². The minimum atomic E-state index is -0.912. The van der Waals surface area contributed by atoms with Crippen LogP contribution in [0.4, 0.5) is 4.39 Å². The zero-order valence-electron chi connectivity index (χ0n) is 16.5. The molecule has 0 bridgehead atoms. The second-order valence-corrected chi connectivity index (χ2v) is 7.36. The van der Waals surface area contributed by atoms with E-state index in [9.17, 15) is 18.8 Å². The fourth-order valence-electron chi connectivity index (χ4n) is 3.75. The zero-order valence-corrected chi connectivity index (χ0v) is 16.5. The van der Waals surface area contributed by atoms with E-state index in [1.165, 1.54) is 25.1 Å². The Morgan fingerprint density at radius 1 is 1.28 bits per heavy atom. The Labute approximate surface area is 168 Å². The summed E-state index contributed by atoms with van der Waals surface area (Å²) >= 11 is 0. The Balaban J connectivity index is 1.85. The van der Waals surface area contributed by atoms with Gasteiger partial charge in [-0.05, 0) is 49.9 Å². The van der Waals surface area contributed by atoms with Crippen LogP contribution in [0, 0.1) is 11.2 Å². The number of hydrogen-bond donors (Lipinski definition) is 1. The molecule has 2 heterocycles. The Kier molecular flexibility index (Phi) is 6.10. The number of carbonyl (C=O) groups is 3. The number of halogens is 1. The molecule has 1 atom stereocenters. The molecule has 1 fully saturated rings. The summed E-state index contributed by atoms with van der Waals surface area (Å²) in [6.45, 7) is 4.01. The predicted molar refractivity (Wildman–Crippen MR) is 103 cm³/mol. The van der Waals surface area contributed by atoms with Crippen molar-refractivity contribution < 1.29 is 23.5 Å². The number of H-pyrrole nitrogens is 1. The number of piperidine rings is 1. The van der Waals surface area contributed by atoms with E-state index in [0.717, 1.165) is 5.56 Å². The molecule has 1 amide bonds. The minimum absolute atomic E-state index is 0.177. The van der Waals surface area contributed by atoms with Gasteiger partial charge < -0.3 is 9.64 Å². The highest BCUT2D eigenvalue weighted by molar-refractivity contribution is 5.97. The number of ketones is 1. The van der Waals surface area contributed by atoms with Crippen molar-refractivity contribution in [3.63, 3.8) is 0 Å². The largest absolute Gasteiger partial charge is 0.466 e. The van der Waals surface area contributed by atoms with E-state index < -0.39 is 5.41 Å². The number of nitrogens with zero attached hydrogens (tertiary/aromatic N) is 2. The molecule has 1 aromatic carbocycles. The molecule has 1 saturated heterocycles. The van der Waals surface area contributed by atoms with Crippen LogP contribution in [0.1, 0.15) is 53.2 Å². The third-order valence-electron chi connectivity index (χ3n) is 5.20. The van der Waals surface area contributed by atoms with Gasteiger partial charge in [-0.2, -0.15) is 5.10 Å². The van der Waals surface area contributed by atoms with Crippen LogP contribution in [-0.2, 0) is 16.0 Å². The maximum Gasteiger partial charge on any atom is 0.314 e. The number of hydrogen-bond acceptors (Lipinski definition) is 5. The van der Waals surface area contributed by atoms with Gasteiger partial charge in [0.05, 0.1) is 12.0 Å². The van der Waals surface area contributed by atoms with Gasteiger partial charge >= 0.3 is 5.97 Å². The lowest BCUT2D eigenvalue weighted by atomic mass is 9.75. The average molecular weight is 401 g/mol. The lowest BCUT2D eigenvalue weighted by Crippen LogP contribution is -2.51. The van der Waals surface area contributed by atoms with Gasteiger partial charge in [0.2, 0.25) is 0 Å². The summed E-state index contributed by atoms with van der Waals surface area (Å²) in [6, 6.07) is 7.42. The van der Waals surface area contributed by atoms with Crippen molar-refractivity contribution in [1.29, 1.82) is 0 Å². The summed E-state index contributed by atoms with van der Waals surface area (Å²) in [5.74, 6) is -1.27. The fraction of sp³-hybridized carbons (Fsp3) is 0.429. The zero-order chi connectivity index (χ0) is 21.0. The van der Waals surface area contributed by atoms with Crippen LogP contribution < -0.4 is 0 Å². The van der Waals surface area contributed by atoms with Crippen molar-refractivity contribution >= 4 is 17.7 Å². The van der Waals surface area contributed by atoms with Gasteiger partial charge in [0.1, 0.15) is 17.2 Å². The summed E-state index contributed by atoms with van der Waals surface area (Å²) in [5, 5.41) is 6.46.